The molecule has 1 aliphatic heterocycles. The minimum absolute atomic E-state index is 0.144. The summed E-state index contributed by atoms with van der Waals surface area (Å²) in [5.41, 5.74) is 3.22. The SMILES string of the molecule is COc1ccc(CCC2=NC(=O)NC(c3ccc(OC)cc3)C2C(=O)OCc2ccccc2)cc1. The van der Waals surface area contributed by atoms with E-state index in [1.165, 1.54) is 0 Å². The van der Waals surface area contributed by atoms with E-state index >= 15 is 0 Å². The molecule has 3 aromatic carbocycles. The molecule has 2 atom stereocenters. The molecular formula is C28H28N2O5. The topological polar surface area (TPSA) is 86.2 Å². The van der Waals surface area contributed by atoms with Crippen LogP contribution in [0.3, 0.4) is 0 Å². The first-order chi connectivity index (χ1) is 17.1. The van der Waals surface area contributed by atoms with Crippen LogP contribution in [0, 0.1) is 5.92 Å². The van der Waals surface area contributed by atoms with Gasteiger partial charge in [0.25, 0.3) is 0 Å². The van der Waals surface area contributed by atoms with Gasteiger partial charge in [0.15, 0.2) is 0 Å². The van der Waals surface area contributed by atoms with Crippen molar-refractivity contribution in [3.63, 3.8) is 0 Å². The molecule has 2 amide bonds. The lowest BCUT2D eigenvalue weighted by Gasteiger charge is -2.31. The number of amides is 2. The molecule has 1 aliphatic rings. The number of urea groups is 1. The van der Waals surface area contributed by atoms with Crippen LogP contribution in [0.4, 0.5) is 4.79 Å². The van der Waals surface area contributed by atoms with Crippen molar-refractivity contribution in [1.82, 2.24) is 5.32 Å². The third-order valence-corrected chi connectivity index (χ3v) is 6.00. The van der Waals surface area contributed by atoms with Crippen molar-refractivity contribution < 1.29 is 23.8 Å². The number of benzene rings is 3. The van der Waals surface area contributed by atoms with E-state index in [2.05, 4.69) is 10.3 Å². The summed E-state index contributed by atoms with van der Waals surface area (Å²) >= 11 is 0. The Balaban J connectivity index is 1.58. The first-order valence-electron chi connectivity index (χ1n) is 11.4. The molecular weight excluding hydrogens is 444 g/mol. The molecule has 3 aromatic rings. The molecule has 1 heterocycles. The molecule has 180 valence electrons. The summed E-state index contributed by atoms with van der Waals surface area (Å²) in [6, 6.07) is 23.4. The monoisotopic (exact) mass is 472 g/mol. The summed E-state index contributed by atoms with van der Waals surface area (Å²) < 4.78 is 16.2. The highest BCUT2D eigenvalue weighted by Gasteiger charge is 2.39. The Morgan fingerprint density at radius 1 is 0.829 bits per heavy atom. The van der Waals surface area contributed by atoms with Gasteiger partial charge in [-0.05, 0) is 53.8 Å². The zero-order valence-electron chi connectivity index (χ0n) is 19.8. The molecule has 7 heteroatoms. The Kier molecular flexibility index (Phi) is 7.77. The summed E-state index contributed by atoms with van der Waals surface area (Å²) in [5.74, 6) is 0.281. The predicted molar refractivity (Wildman–Crippen MR) is 133 cm³/mol. The zero-order chi connectivity index (χ0) is 24.6. The lowest BCUT2D eigenvalue weighted by molar-refractivity contribution is -0.148. The normalized spacial score (nSPS) is 17.2. The molecule has 0 saturated carbocycles. The van der Waals surface area contributed by atoms with Crippen LogP contribution in [0.1, 0.15) is 29.2 Å². The van der Waals surface area contributed by atoms with Gasteiger partial charge in [0.05, 0.1) is 20.3 Å². The first kappa shape index (κ1) is 24.0. The number of aliphatic imine (C=N–C) groups is 1. The maximum Gasteiger partial charge on any atom is 0.341 e. The number of nitrogens with zero attached hydrogens (tertiary/aromatic N) is 1. The largest absolute Gasteiger partial charge is 0.497 e. The number of hydrogen-bond donors (Lipinski definition) is 1. The molecule has 35 heavy (non-hydrogen) atoms. The van der Waals surface area contributed by atoms with Gasteiger partial charge < -0.3 is 19.5 Å². The number of ether oxygens (including phenoxy) is 3. The van der Waals surface area contributed by atoms with Gasteiger partial charge in [0.1, 0.15) is 24.0 Å². The number of methoxy groups -OCH3 is 2. The van der Waals surface area contributed by atoms with Crippen LogP contribution in [0.2, 0.25) is 0 Å². The third kappa shape index (κ3) is 6.06. The van der Waals surface area contributed by atoms with Crippen molar-refractivity contribution in [2.45, 2.75) is 25.5 Å². The summed E-state index contributed by atoms with van der Waals surface area (Å²) in [4.78, 5) is 30.1. The highest BCUT2D eigenvalue weighted by atomic mass is 16.5. The Bertz CT molecular complexity index is 1170. The van der Waals surface area contributed by atoms with Crippen molar-refractivity contribution in [2.75, 3.05) is 14.2 Å². The maximum absolute atomic E-state index is 13.4. The molecule has 0 fully saturated rings. The van der Waals surface area contributed by atoms with Gasteiger partial charge in [-0.25, -0.2) is 9.79 Å². The van der Waals surface area contributed by atoms with Gasteiger partial charge in [-0.3, -0.25) is 4.79 Å². The highest BCUT2D eigenvalue weighted by Crippen LogP contribution is 2.31. The number of carbonyl (C=O) groups is 2. The zero-order valence-corrected chi connectivity index (χ0v) is 19.8. The van der Waals surface area contributed by atoms with E-state index in [9.17, 15) is 9.59 Å². The number of nitrogens with one attached hydrogen (secondary N) is 1. The highest BCUT2D eigenvalue weighted by molar-refractivity contribution is 6.09. The molecule has 0 saturated heterocycles. The van der Waals surface area contributed by atoms with Gasteiger partial charge in [-0.1, -0.05) is 54.6 Å². The average molecular weight is 473 g/mol. The van der Waals surface area contributed by atoms with Crippen LogP contribution in [0.25, 0.3) is 0 Å². The van der Waals surface area contributed by atoms with Crippen molar-refractivity contribution >= 4 is 17.7 Å². The molecule has 0 bridgehead atoms. The average Bonchev–Trinajstić information content (AvgIpc) is 2.91. The number of aryl methyl sites for hydroxylation is 1. The van der Waals surface area contributed by atoms with Gasteiger partial charge in [-0.15, -0.1) is 0 Å². The minimum atomic E-state index is -0.747. The summed E-state index contributed by atoms with van der Waals surface area (Å²) in [6.07, 6.45) is 1.06. The fraction of sp³-hybridized carbons (Fsp3) is 0.250. The van der Waals surface area contributed by atoms with Crippen molar-refractivity contribution in [3.05, 3.63) is 95.6 Å². The van der Waals surface area contributed by atoms with E-state index < -0.39 is 24.0 Å². The van der Waals surface area contributed by atoms with Crippen LogP contribution in [-0.2, 0) is 22.6 Å². The minimum Gasteiger partial charge on any atom is -0.497 e. The molecule has 2 unspecified atom stereocenters. The van der Waals surface area contributed by atoms with Crippen LogP contribution in [0.15, 0.2) is 83.9 Å². The maximum atomic E-state index is 13.4. The lowest BCUT2D eigenvalue weighted by atomic mass is 9.85. The molecule has 0 radical (unpaired) electrons. The van der Waals surface area contributed by atoms with Gasteiger partial charge >= 0.3 is 12.0 Å². The van der Waals surface area contributed by atoms with E-state index in [1.807, 2.05) is 66.7 Å². The Morgan fingerprint density at radius 2 is 1.46 bits per heavy atom. The molecule has 0 aromatic heterocycles. The molecule has 7 nitrogen and oxygen atoms in total. The number of esters is 1. The summed E-state index contributed by atoms with van der Waals surface area (Å²) in [6.45, 7) is 0.144. The van der Waals surface area contributed by atoms with Crippen molar-refractivity contribution in [3.8, 4) is 11.5 Å². The van der Waals surface area contributed by atoms with Crippen LogP contribution < -0.4 is 14.8 Å². The molecule has 0 aliphatic carbocycles. The fourth-order valence-corrected chi connectivity index (χ4v) is 4.09. The van der Waals surface area contributed by atoms with E-state index in [-0.39, 0.29) is 6.61 Å². The summed E-state index contributed by atoms with van der Waals surface area (Å²) in [7, 11) is 3.21. The number of carbonyl (C=O) groups excluding carboxylic acids is 2. The second kappa shape index (κ2) is 11.3. The molecule has 4 rings (SSSR count). The third-order valence-electron chi connectivity index (χ3n) is 6.00. The lowest BCUT2D eigenvalue weighted by Crippen LogP contribution is -2.45. The predicted octanol–water partition coefficient (Wildman–Crippen LogP) is 4.90. The Morgan fingerprint density at radius 3 is 2.09 bits per heavy atom. The number of hydrogen-bond acceptors (Lipinski definition) is 5. The fourth-order valence-electron chi connectivity index (χ4n) is 4.09. The van der Waals surface area contributed by atoms with Gasteiger partial charge in [0.2, 0.25) is 0 Å². The van der Waals surface area contributed by atoms with Crippen LogP contribution in [-0.4, -0.2) is 31.9 Å². The van der Waals surface area contributed by atoms with Crippen LogP contribution >= 0.6 is 0 Å². The summed E-state index contributed by atoms with van der Waals surface area (Å²) in [5, 5.41) is 2.86. The van der Waals surface area contributed by atoms with E-state index in [1.54, 1.807) is 26.4 Å². The van der Waals surface area contributed by atoms with Crippen molar-refractivity contribution in [2.24, 2.45) is 10.9 Å². The molecule has 0 spiro atoms. The van der Waals surface area contributed by atoms with E-state index in [0.717, 1.165) is 22.4 Å². The quantitative estimate of drug-likeness (QED) is 0.448. The van der Waals surface area contributed by atoms with E-state index in [0.29, 0.717) is 24.3 Å². The smallest absolute Gasteiger partial charge is 0.341 e. The van der Waals surface area contributed by atoms with Gasteiger partial charge in [-0.2, -0.15) is 0 Å². The first-order valence-corrected chi connectivity index (χ1v) is 11.4. The second-order valence-corrected chi connectivity index (χ2v) is 8.22. The van der Waals surface area contributed by atoms with Crippen LogP contribution in [0.5, 0.6) is 11.5 Å². The standard InChI is InChI=1S/C28H28N2O5/c1-33-22-13-8-19(9-14-22)10-17-24-25(27(31)35-18-20-6-4-3-5-7-20)26(30-28(32)29-24)21-11-15-23(34-2)16-12-21/h3-9,11-16,25-26H,10,17-18H2,1-2H3,(H,30,32). The van der Waals surface area contributed by atoms with Gasteiger partial charge in [0, 0.05) is 5.71 Å². The Labute approximate surface area is 204 Å². The Hall–Kier alpha value is -4.13. The van der Waals surface area contributed by atoms with Crippen molar-refractivity contribution in [1.29, 1.82) is 0 Å². The number of rotatable bonds is 9. The molecule has 1 N–H and O–H groups in total. The van der Waals surface area contributed by atoms with E-state index in [4.69, 9.17) is 14.2 Å². The second-order valence-electron chi connectivity index (χ2n) is 8.22.